The molecule has 0 aliphatic rings. The second kappa shape index (κ2) is 7.27. The van der Waals surface area contributed by atoms with Crippen molar-refractivity contribution in [2.75, 3.05) is 19.5 Å². The predicted molar refractivity (Wildman–Crippen MR) is 68.7 cm³/mol. The van der Waals surface area contributed by atoms with Gasteiger partial charge >= 0.3 is 0 Å². The van der Waals surface area contributed by atoms with Crippen LogP contribution in [0.5, 0.6) is 5.88 Å². The van der Waals surface area contributed by atoms with Gasteiger partial charge in [-0.2, -0.15) is 11.8 Å². The van der Waals surface area contributed by atoms with Gasteiger partial charge in [0.25, 0.3) is 11.8 Å². The van der Waals surface area contributed by atoms with E-state index in [1.165, 1.54) is 11.8 Å². The number of aryl methyl sites for hydroxylation is 1. The number of aromatic nitrogens is 1. The number of nitrogens with one attached hydrogen (secondary N) is 1. The molecule has 0 saturated carbocycles. The smallest absolute Gasteiger partial charge is 0.258 e. The Morgan fingerprint density at radius 1 is 1.72 bits per heavy atom. The van der Waals surface area contributed by atoms with Gasteiger partial charge in [-0.1, -0.05) is 0 Å². The van der Waals surface area contributed by atoms with Crippen molar-refractivity contribution in [2.45, 2.75) is 25.1 Å². The van der Waals surface area contributed by atoms with Gasteiger partial charge in [-0.25, -0.2) is 0 Å². The zero-order valence-corrected chi connectivity index (χ0v) is 11.5. The molecule has 0 spiro atoms. The first-order valence-corrected chi connectivity index (χ1v) is 6.84. The van der Waals surface area contributed by atoms with Gasteiger partial charge in [-0.15, -0.1) is 0 Å². The lowest BCUT2D eigenvalue weighted by molar-refractivity contribution is -0.123. The van der Waals surface area contributed by atoms with E-state index in [9.17, 15) is 4.79 Å². The number of thioether (sulfide) groups is 1. The Bertz CT molecular complexity index is 379. The first-order valence-electron chi connectivity index (χ1n) is 5.56. The number of hydrogen-bond donors (Lipinski definition) is 2. The van der Waals surface area contributed by atoms with Crippen molar-refractivity contribution in [1.29, 1.82) is 0 Å². The molecule has 1 heterocycles. The van der Waals surface area contributed by atoms with E-state index in [0.29, 0.717) is 11.6 Å². The maximum absolute atomic E-state index is 11.6. The van der Waals surface area contributed by atoms with E-state index in [1.807, 2.05) is 13.2 Å². The van der Waals surface area contributed by atoms with Crippen LogP contribution in [-0.4, -0.2) is 46.9 Å². The Morgan fingerprint density at radius 2 is 2.44 bits per heavy atom. The summed E-state index contributed by atoms with van der Waals surface area (Å²) in [5, 5.41) is 15.4. The Morgan fingerprint density at radius 3 is 2.94 bits per heavy atom. The quantitative estimate of drug-likeness (QED) is 0.757. The molecule has 2 N–H and O–H groups in total. The molecule has 7 heteroatoms. The van der Waals surface area contributed by atoms with E-state index in [4.69, 9.17) is 14.4 Å². The molecule has 0 bridgehead atoms. The van der Waals surface area contributed by atoms with Crippen molar-refractivity contribution in [3.8, 4) is 5.88 Å². The average Bonchev–Trinajstić information content (AvgIpc) is 2.74. The van der Waals surface area contributed by atoms with Gasteiger partial charge in [0.2, 0.25) is 0 Å². The van der Waals surface area contributed by atoms with Gasteiger partial charge in [0.15, 0.2) is 6.61 Å². The molecule has 1 rings (SSSR count). The third-order valence-electron chi connectivity index (χ3n) is 2.39. The SMILES string of the molecule is CSC(CO)C(C)NC(=O)COc1cc(C)on1. The summed E-state index contributed by atoms with van der Waals surface area (Å²) < 4.78 is 9.96. The molecule has 2 unspecified atom stereocenters. The van der Waals surface area contributed by atoms with Gasteiger partial charge in [0, 0.05) is 17.4 Å². The lowest BCUT2D eigenvalue weighted by Crippen LogP contribution is -2.43. The van der Waals surface area contributed by atoms with Crippen LogP contribution < -0.4 is 10.1 Å². The first kappa shape index (κ1) is 14.8. The van der Waals surface area contributed by atoms with Gasteiger partial charge in [0.05, 0.1) is 6.61 Å². The first-order chi connectivity index (χ1) is 8.56. The number of carbonyl (C=O) groups is 1. The third-order valence-corrected chi connectivity index (χ3v) is 3.55. The van der Waals surface area contributed by atoms with Crippen molar-refractivity contribution in [3.63, 3.8) is 0 Å². The highest BCUT2D eigenvalue weighted by molar-refractivity contribution is 7.99. The number of ether oxygens (including phenoxy) is 1. The Kier molecular flexibility index (Phi) is 6.00. The largest absolute Gasteiger partial charge is 0.465 e. The molecule has 1 amide bonds. The molecule has 18 heavy (non-hydrogen) atoms. The molecule has 0 aliphatic carbocycles. The third kappa shape index (κ3) is 4.58. The van der Waals surface area contributed by atoms with Crippen LogP contribution in [0.2, 0.25) is 0 Å². The van der Waals surface area contributed by atoms with Crippen LogP contribution >= 0.6 is 11.8 Å². The molecular formula is C11H18N2O4S. The molecule has 0 saturated heterocycles. The number of amides is 1. The number of aliphatic hydroxyl groups excluding tert-OH is 1. The highest BCUT2D eigenvalue weighted by Gasteiger charge is 2.17. The van der Waals surface area contributed by atoms with Crippen LogP contribution in [-0.2, 0) is 4.79 Å². The van der Waals surface area contributed by atoms with Gasteiger partial charge in [0.1, 0.15) is 5.76 Å². The minimum absolute atomic E-state index is 0.0198. The fourth-order valence-corrected chi connectivity index (χ4v) is 2.00. The highest BCUT2D eigenvalue weighted by atomic mass is 32.2. The van der Waals surface area contributed by atoms with Crippen LogP contribution in [0.25, 0.3) is 0 Å². The van der Waals surface area contributed by atoms with E-state index >= 15 is 0 Å². The summed E-state index contributed by atoms with van der Waals surface area (Å²) in [5.74, 6) is 0.663. The van der Waals surface area contributed by atoms with Crippen LogP contribution in [0.4, 0.5) is 0 Å². The maximum Gasteiger partial charge on any atom is 0.258 e. The standard InChI is InChI=1S/C11H18N2O4S/c1-7-4-11(13-17-7)16-6-10(15)12-8(2)9(5-14)18-3/h4,8-9,14H,5-6H2,1-3H3,(H,12,15). The summed E-state index contributed by atoms with van der Waals surface area (Å²) in [6.07, 6.45) is 1.89. The van der Waals surface area contributed by atoms with Crippen LogP contribution in [0.3, 0.4) is 0 Å². The molecule has 1 aromatic rings. The number of rotatable bonds is 7. The summed E-state index contributed by atoms with van der Waals surface area (Å²) in [4.78, 5) is 11.6. The lowest BCUT2D eigenvalue weighted by Gasteiger charge is -2.21. The average molecular weight is 274 g/mol. The predicted octanol–water partition coefficient (Wildman–Crippen LogP) is 0.590. The minimum Gasteiger partial charge on any atom is -0.465 e. The second-order valence-corrected chi connectivity index (χ2v) is 4.95. The minimum atomic E-state index is -0.254. The van der Waals surface area contributed by atoms with Gasteiger partial charge in [-0.05, 0) is 25.3 Å². The molecule has 6 nitrogen and oxygen atoms in total. The molecule has 2 atom stereocenters. The molecule has 1 aromatic heterocycles. The van der Waals surface area contributed by atoms with Crippen molar-refractivity contribution < 1.29 is 19.2 Å². The highest BCUT2D eigenvalue weighted by Crippen LogP contribution is 2.11. The van der Waals surface area contributed by atoms with Crippen molar-refractivity contribution in [1.82, 2.24) is 10.5 Å². The molecule has 0 fully saturated rings. The number of carbonyl (C=O) groups excluding carboxylic acids is 1. The van der Waals surface area contributed by atoms with Gasteiger partial charge in [-0.3, -0.25) is 4.79 Å². The Hall–Kier alpha value is -1.21. The summed E-state index contributed by atoms with van der Waals surface area (Å²) >= 11 is 1.50. The number of aliphatic hydroxyl groups is 1. The van der Waals surface area contributed by atoms with E-state index < -0.39 is 0 Å². The van der Waals surface area contributed by atoms with E-state index in [-0.39, 0.29) is 30.4 Å². The fourth-order valence-electron chi connectivity index (χ4n) is 1.38. The maximum atomic E-state index is 11.6. The van der Waals surface area contributed by atoms with E-state index in [1.54, 1.807) is 13.0 Å². The molecule has 0 aromatic carbocycles. The van der Waals surface area contributed by atoms with Gasteiger partial charge < -0.3 is 19.7 Å². The lowest BCUT2D eigenvalue weighted by atomic mass is 10.2. The molecular weight excluding hydrogens is 256 g/mol. The Labute approximate surface area is 110 Å². The zero-order valence-electron chi connectivity index (χ0n) is 10.7. The fraction of sp³-hybridized carbons (Fsp3) is 0.636. The monoisotopic (exact) mass is 274 g/mol. The van der Waals surface area contributed by atoms with Crippen LogP contribution in [0.15, 0.2) is 10.6 Å². The van der Waals surface area contributed by atoms with Crippen molar-refractivity contribution in [2.24, 2.45) is 0 Å². The summed E-state index contributed by atoms with van der Waals surface area (Å²) in [5.41, 5.74) is 0. The number of nitrogens with zero attached hydrogens (tertiary/aromatic N) is 1. The van der Waals surface area contributed by atoms with E-state index in [0.717, 1.165) is 0 Å². The normalized spacial score (nSPS) is 14.0. The molecule has 0 radical (unpaired) electrons. The molecule has 0 aliphatic heterocycles. The van der Waals surface area contributed by atoms with Crippen molar-refractivity contribution in [3.05, 3.63) is 11.8 Å². The van der Waals surface area contributed by atoms with E-state index in [2.05, 4.69) is 10.5 Å². The number of hydrogen-bond acceptors (Lipinski definition) is 6. The van der Waals surface area contributed by atoms with Crippen LogP contribution in [0, 0.1) is 6.92 Å². The summed E-state index contributed by atoms with van der Waals surface area (Å²) in [7, 11) is 0. The summed E-state index contributed by atoms with van der Waals surface area (Å²) in [6.45, 7) is 3.48. The second-order valence-electron chi connectivity index (χ2n) is 3.88. The van der Waals surface area contributed by atoms with Crippen molar-refractivity contribution >= 4 is 17.7 Å². The van der Waals surface area contributed by atoms with Crippen LogP contribution in [0.1, 0.15) is 12.7 Å². The topological polar surface area (TPSA) is 84.6 Å². The Balaban J connectivity index is 2.33. The zero-order chi connectivity index (χ0) is 13.5. The summed E-state index contributed by atoms with van der Waals surface area (Å²) in [6, 6.07) is 1.48. The molecule has 102 valence electrons.